The summed E-state index contributed by atoms with van der Waals surface area (Å²) in [6.45, 7) is 4.99. The van der Waals surface area contributed by atoms with Crippen molar-refractivity contribution in [2.45, 2.75) is 19.4 Å². The molecular weight excluding hydrogens is 442 g/mol. The second kappa shape index (κ2) is 9.48. The van der Waals surface area contributed by atoms with Crippen LogP contribution in [0.1, 0.15) is 28.0 Å². The second-order valence-corrected chi connectivity index (χ2v) is 9.03. The number of hydrogen-bond donors (Lipinski definition) is 2. The van der Waals surface area contributed by atoms with E-state index in [0.717, 1.165) is 96.9 Å². The molecule has 35 heavy (non-hydrogen) atoms. The number of aryl methyl sites for hydroxylation is 1. The van der Waals surface area contributed by atoms with E-state index in [1.165, 1.54) is 0 Å². The molecule has 8 heteroatoms. The van der Waals surface area contributed by atoms with Gasteiger partial charge >= 0.3 is 0 Å². The highest BCUT2D eigenvalue weighted by Crippen LogP contribution is 2.29. The molecule has 0 aliphatic carbocycles. The molecule has 0 spiro atoms. The molecule has 2 aromatic heterocycles. The second-order valence-electron chi connectivity index (χ2n) is 9.03. The number of nitrogens with zero attached hydrogens (tertiary/aromatic N) is 3. The highest BCUT2D eigenvalue weighted by atomic mass is 16.5. The normalized spacial score (nSPS) is 16.0. The fourth-order valence-corrected chi connectivity index (χ4v) is 4.74. The van der Waals surface area contributed by atoms with Crippen molar-refractivity contribution in [3.05, 3.63) is 71.7 Å². The topological polar surface area (TPSA) is 92.4 Å². The van der Waals surface area contributed by atoms with E-state index in [4.69, 9.17) is 9.47 Å². The number of ether oxygens (including phenoxy) is 2. The molecule has 2 N–H and O–H groups in total. The van der Waals surface area contributed by atoms with Crippen LogP contribution in [0.3, 0.4) is 0 Å². The summed E-state index contributed by atoms with van der Waals surface area (Å²) >= 11 is 0. The minimum atomic E-state index is -0.246. The Morgan fingerprint density at radius 2 is 1.94 bits per heavy atom. The highest BCUT2D eigenvalue weighted by Gasteiger charge is 2.18. The van der Waals surface area contributed by atoms with Crippen molar-refractivity contribution in [3.63, 3.8) is 0 Å². The summed E-state index contributed by atoms with van der Waals surface area (Å²) in [5.41, 5.74) is 6.21. The van der Waals surface area contributed by atoms with E-state index in [2.05, 4.69) is 31.5 Å². The van der Waals surface area contributed by atoms with Crippen molar-refractivity contribution in [2.24, 2.45) is 0 Å². The molecule has 6 rings (SSSR count). The third-order valence-corrected chi connectivity index (χ3v) is 6.58. The van der Waals surface area contributed by atoms with E-state index in [-0.39, 0.29) is 5.91 Å². The molecule has 178 valence electrons. The van der Waals surface area contributed by atoms with Crippen molar-refractivity contribution in [1.82, 2.24) is 20.1 Å². The molecule has 2 aromatic carbocycles. The van der Waals surface area contributed by atoms with Gasteiger partial charge in [0.1, 0.15) is 5.75 Å². The monoisotopic (exact) mass is 469 g/mol. The number of H-pyrrole nitrogens is 1. The van der Waals surface area contributed by atoms with E-state index < -0.39 is 0 Å². The van der Waals surface area contributed by atoms with Gasteiger partial charge in [0.05, 0.1) is 25.3 Å². The fourth-order valence-electron chi connectivity index (χ4n) is 4.74. The van der Waals surface area contributed by atoms with Gasteiger partial charge < -0.3 is 14.8 Å². The van der Waals surface area contributed by atoms with Crippen LogP contribution in [0.4, 0.5) is 5.69 Å². The number of carbonyl (C=O) groups excluding carboxylic acids is 1. The van der Waals surface area contributed by atoms with E-state index in [1.807, 2.05) is 48.8 Å². The van der Waals surface area contributed by atoms with Crippen molar-refractivity contribution in [3.8, 4) is 16.9 Å². The lowest BCUT2D eigenvalue weighted by molar-refractivity contribution is 0.0341. The third-order valence-electron chi connectivity index (χ3n) is 6.58. The minimum absolute atomic E-state index is 0.246. The van der Waals surface area contributed by atoms with Crippen molar-refractivity contribution >= 4 is 22.5 Å². The van der Waals surface area contributed by atoms with Gasteiger partial charge in [0, 0.05) is 48.7 Å². The van der Waals surface area contributed by atoms with Crippen molar-refractivity contribution in [2.75, 3.05) is 38.2 Å². The van der Waals surface area contributed by atoms with E-state index in [0.29, 0.717) is 5.69 Å². The van der Waals surface area contributed by atoms with Gasteiger partial charge in [-0.3, -0.25) is 19.8 Å². The molecule has 0 radical (unpaired) electrons. The first-order valence-corrected chi connectivity index (χ1v) is 12.0. The number of fused-ring (bicyclic) bond motifs is 2. The summed E-state index contributed by atoms with van der Waals surface area (Å²) in [6.07, 6.45) is 5.71. The Morgan fingerprint density at radius 1 is 1.03 bits per heavy atom. The van der Waals surface area contributed by atoms with Gasteiger partial charge in [-0.15, -0.1) is 0 Å². The zero-order chi connectivity index (χ0) is 23.6. The summed E-state index contributed by atoms with van der Waals surface area (Å²) in [4.78, 5) is 20.0. The molecule has 4 aromatic rings. The average molecular weight is 470 g/mol. The van der Waals surface area contributed by atoms with Crippen LogP contribution in [0.2, 0.25) is 0 Å². The lowest BCUT2D eigenvalue weighted by Crippen LogP contribution is -2.35. The summed E-state index contributed by atoms with van der Waals surface area (Å²) in [7, 11) is 0. The van der Waals surface area contributed by atoms with Crippen LogP contribution in [0.5, 0.6) is 5.75 Å². The maximum absolute atomic E-state index is 13.1. The molecule has 1 saturated heterocycles. The average Bonchev–Trinajstić information content (AvgIpc) is 3.33. The molecule has 0 bridgehead atoms. The SMILES string of the molecule is O=C(Nc1ccc2c(c1)CCCO2)c1n[nH]c2ccc(-c3cncc(CN4CCOCC4)c3)cc12. The summed E-state index contributed by atoms with van der Waals surface area (Å²) in [5, 5.41) is 11.1. The van der Waals surface area contributed by atoms with Gasteiger partial charge in [0.2, 0.25) is 0 Å². The third kappa shape index (κ3) is 4.62. The van der Waals surface area contributed by atoms with Gasteiger partial charge in [-0.25, -0.2) is 0 Å². The van der Waals surface area contributed by atoms with Gasteiger partial charge in [0.25, 0.3) is 5.91 Å². The quantitative estimate of drug-likeness (QED) is 0.458. The number of aromatic amines is 1. The Hall–Kier alpha value is -3.75. The molecule has 8 nitrogen and oxygen atoms in total. The summed E-state index contributed by atoms with van der Waals surface area (Å²) < 4.78 is 11.1. The number of pyridine rings is 1. The maximum Gasteiger partial charge on any atom is 0.276 e. The first kappa shape index (κ1) is 21.8. The summed E-state index contributed by atoms with van der Waals surface area (Å²) in [5.74, 6) is 0.651. The highest BCUT2D eigenvalue weighted by molar-refractivity contribution is 6.11. The molecule has 2 aliphatic rings. The fraction of sp³-hybridized carbons (Fsp3) is 0.296. The molecule has 0 atom stereocenters. The summed E-state index contributed by atoms with van der Waals surface area (Å²) in [6, 6.07) is 13.9. The predicted molar refractivity (Wildman–Crippen MR) is 134 cm³/mol. The predicted octanol–water partition coefficient (Wildman–Crippen LogP) is 4.03. The Kier molecular flexibility index (Phi) is 5.89. The Labute approximate surface area is 203 Å². The molecular formula is C27H27N5O3. The minimum Gasteiger partial charge on any atom is -0.493 e. The first-order valence-electron chi connectivity index (χ1n) is 12.0. The van der Waals surface area contributed by atoms with E-state index in [9.17, 15) is 4.79 Å². The largest absolute Gasteiger partial charge is 0.493 e. The van der Waals surface area contributed by atoms with E-state index >= 15 is 0 Å². The van der Waals surface area contributed by atoms with Crippen LogP contribution >= 0.6 is 0 Å². The number of nitrogens with one attached hydrogen (secondary N) is 2. The zero-order valence-corrected chi connectivity index (χ0v) is 19.4. The Bertz CT molecular complexity index is 1380. The van der Waals surface area contributed by atoms with Crippen LogP contribution < -0.4 is 10.1 Å². The first-order chi connectivity index (χ1) is 17.2. The van der Waals surface area contributed by atoms with Crippen molar-refractivity contribution in [1.29, 1.82) is 0 Å². The number of aromatic nitrogens is 3. The molecule has 2 aliphatic heterocycles. The number of carbonyl (C=O) groups is 1. The Morgan fingerprint density at radius 3 is 2.86 bits per heavy atom. The lowest BCUT2D eigenvalue weighted by atomic mass is 10.0. The van der Waals surface area contributed by atoms with Gasteiger partial charge in [0.15, 0.2) is 5.69 Å². The van der Waals surface area contributed by atoms with Gasteiger partial charge in [-0.05, 0) is 65.9 Å². The number of anilines is 1. The van der Waals surface area contributed by atoms with E-state index in [1.54, 1.807) is 0 Å². The lowest BCUT2D eigenvalue weighted by Gasteiger charge is -2.26. The molecule has 4 heterocycles. The van der Waals surface area contributed by atoms with Gasteiger partial charge in [-0.2, -0.15) is 5.10 Å². The van der Waals surface area contributed by atoms with Crippen LogP contribution in [0.15, 0.2) is 54.9 Å². The van der Waals surface area contributed by atoms with Crippen LogP contribution in [-0.4, -0.2) is 58.9 Å². The van der Waals surface area contributed by atoms with Crippen LogP contribution in [0.25, 0.3) is 22.0 Å². The van der Waals surface area contributed by atoms with Crippen molar-refractivity contribution < 1.29 is 14.3 Å². The molecule has 1 fully saturated rings. The molecule has 1 amide bonds. The molecule has 0 saturated carbocycles. The van der Waals surface area contributed by atoms with Crippen LogP contribution in [0, 0.1) is 0 Å². The smallest absolute Gasteiger partial charge is 0.276 e. The number of hydrogen-bond acceptors (Lipinski definition) is 6. The maximum atomic E-state index is 13.1. The number of benzene rings is 2. The number of rotatable bonds is 5. The van der Waals surface area contributed by atoms with Crippen LogP contribution in [-0.2, 0) is 17.7 Å². The van der Waals surface area contributed by atoms with Gasteiger partial charge in [-0.1, -0.05) is 6.07 Å². The molecule has 0 unspecified atom stereocenters. The number of amides is 1. The zero-order valence-electron chi connectivity index (χ0n) is 19.4. The number of morpholine rings is 1. The Balaban J connectivity index is 1.24. The standard InChI is InChI=1S/C27H27N5O3/c33-27(29-22-4-6-25-20(13-22)2-1-9-35-25)26-23-14-19(3-5-24(23)30-31-26)21-12-18(15-28-16-21)17-32-7-10-34-11-8-32/h3-6,12-16H,1-2,7-11,17H2,(H,29,33)(H,30,31).